The third-order valence-corrected chi connectivity index (χ3v) is 5.95. The monoisotopic (exact) mass is 278 g/mol. The number of likely N-dealkylation sites (tertiary alicyclic amines) is 1. The highest BCUT2D eigenvalue weighted by molar-refractivity contribution is 4.86. The fourth-order valence-electron chi connectivity index (χ4n) is 4.33. The van der Waals surface area contributed by atoms with Crippen LogP contribution in [0.2, 0.25) is 0 Å². The van der Waals surface area contributed by atoms with Gasteiger partial charge >= 0.3 is 0 Å². The van der Waals surface area contributed by atoms with Gasteiger partial charge in [0, 0.05) is 12.1 Å². The topological polar surface area (TPSA) is 15.3 Å². The van der Waals surface area contributed by atoms with Gasteiger partial charge in [-0.05, 0) is 82.8 Å². The van der Waals surface area contributed by atoms with Crippen LogP contribution in [0.5, 0.6) is 0 Å². The minimum absolute atomic E-state index is 0.822. The second kappa shape index (κ2) is 7.26. The Hall–Kier alpha value is -0.0800. The Kier molecular flexibility index (Phi) is 5.39. The smallest absolute Gasteiger partial charge is 0.00954 e. The lowest BCUT2D eigenvalue weighted by Gasteiger charge is -2.41. The third-order valence-electron chi connectivity index (χ3n) is 5.95. The molecule has 0 radical (unpaired) electrons. The number of hydrogen-bond acceptors (Lipinski definition) is 2. The van der Waals surface area contributed by atoms with Crippen LogP contribution >= 0.6 is 0 Å². The zero-order valence-corrected chi connectivity index (χ0v) is 13.4. The first-order valence-electron chi connectivity index (χ1n) is 9.32. The highest BCUT2D eigenvalue weighted by Gasteiger charge is 2.29. The molecule has 0 unspecified atom stereocenters. The van der Waals surface area contributed by atoms with Gasteiger partial charge in [-0.15, -0.1) is 0 Å². The number of hydrogen-bond donors (Lipinski definition) is 1. The molecule has 0 amide bonds. The van der Waals surface area contributed by atoms with Crippen molar-refractivity contribution in [2.24, 2.45) is 11.8 Å². The van der Waals surface area contributed by atoms with E-state index in [1.54, 1.807) is 0 Å². The molecule has 3 rings (SSSR count). The van der Waals surface area contributed by atoms with Crippen molar-refractivity contribution in [2.45, 2.75) is 83.2 Å². The van der Waals surface area contributed by atoms with Gasteiger partial charge in [-0.3, -0.25) is 0 Å². The van der Waals surface area contributed by atoms with E-state index in [0.29, 0.717) is 0 Å². The molecule has 116 valence electrons. The van der Waals surface area contributed by atoms with Crippen molar-refractivity contribution in [3.8, 4) is 0 Å². The van der Waals surface area contributed by atoms with E-state index in [4.69, 9.17) is 0 Å². The molecule has 1 aliphatic heterocycles. The number of nitrogens with one attached hydrogen (secondary N) is 1. The summed E-state index contributed by atoms with van der Waals surface area (Å²) in [6.07, 6.45) is 14.5. The molecule has 0 spiro atoms. The highest BCUT2D eigenvalue weighted by Crippen LogP contribution is 2.32. The lowest BCUT2D eigenvalue weighted by molar-refractivity contribution is 0.100. The Morgan fingerprint density at radius 2 is 1.50 bits per heavy atom. The van der Waals surface area contributed by atoms with Crippen molar-refractivity contribution in [1.29, 1.82) is 0 Å². The summed E-state index contributed by atoms with van der Waals surface area (Å²) in [6.45, 7) is 6.34. The van der Waals surface area contributed by atoms with E-state index in [9.17, 15) is 0 Å². The molecular formula is C18H34N2. The molecule has 1 N–H and O–H groups in total. The average molecular weight is 278 g/mol. The molecule has 3 fully saturated rings. The Labute approximate surface area is 125 Å². The van der Waals surface area contributed by atoms with Gasteiger partial charge in [0.25, 0.3) is 0 Å². The van der Waals surface area contributed by atoms with Crippen molar-refractivity contribution >= 4 is 0 Å². The summed E-state index contributed by atoms with van der Waals surface area (Å²) >= 11 is 0. The Morgan fingerprint density at radius 1 is 0.850 bits per heavy atom. The van der Waals surface area contributed by atoms with Crippen molar-refractivity contribution in [1.82, 2.24) is 10.2 Å². The van der Waals surface area contributed by atoms with Gasteiger partial charge in [0.05, 0.1) is 0 Å². The van der Waals surface area contributed by atoms with Crippen LogP contribution in [-0.4, -0.2) is 36.6 Å². The molecule has 2 aliphatic carbocycles. The molecule has 1 heterocycles. The van der Waals surface area contributed by atoms with Crippen molar-refractivity contribution in [3.05, 3.63) is 0 Å². The summed E-state index contributed by atoms with van der Waals surface area (Å²) in [5, 5.41) is 3.80. The zero-order chi connectivity index (χ0) is 13.8. The van der Waals surface area contributed by atoms with E-state index in [0.717, 1.165) is 23.9 Å². The molecular weight excluding hydrogens is 244 g/mol. The van der Waals surface area contributed by atoms with E-state index in [1.807, 2.05) is 0 Å². The Morgan fingerprint density at radius 3 is 2.10 bits per heavy atom. The van der Waals surface area contributed by atoms with Crippen LogP contribution in [0, 0.1) is 11.8 Å². The second-order valence-corrected chi connectivity index (χ2v) is 7.63. The van der Waals surface area contributed by atoms with E-state index in [2.05, 4.69) is 17.1 Å². The first-order chi connectivity index (χ1) is 9.85. The molecule has 0 aromatic carbocycles. The summed E-state index contributed by atoms with van der Waals surface area (Å²) < 4.78 is 0. The number of rotatable bonds is 6. The summed E-state index contributed by atoms with van der Waals surface area (Å²) in [7, 11) is 0. The fourth-order valence-corrected chi connectivity index (χ4v) is 4.33. The van der Waals surface area contributed by atoms with Crippen LogP contribution in [-0.2, 0) is 0 Å². The molecule has 0 bridgehead atoms. The first kappa shape index (κ1) is 14.8. The van der Waals surface area contributed by atoms with E-state index in [-0.39, 0.29) is 0 Å². The zero-order valence-electron chi connectivity index (χ0n) is 13.4. The number of piperidine rings is 1. The fraction of sp³-hybridized carbons (Fsp3) is 1.00. The summed E-state index contributed by atoms with van der Waals surface area (Å²) in [4.78, 5) is 2.82. The summed E-state index contributed by atoms with van der Waals surface area (Å²) in [5.74, 6) is 2.08. The molecule has 0 aromatic heterocycles. The van der Waals surface area contributed by atoms with Crippen LogP contribution in [0.1, 0.15) is 71.1 Å². The van der Waals surface area contributed by atoms with Crippen LogP contribution in [0.15, 0.2) is 0 Å². The average Bonchev–Trinajstić information content (AvgIpc) is 3.31. The maximum absolute atomic E-state index is 3.80. The summed E-state index contributed by atoms with van der Waals surface area (Å²) in [5.41, 5.74) is 0. The van der Waals surface area contributed by atoms with Crippen LogP contribution < -0.4 is 5.32 Å². The van der Waals surface area contributed by atoms with Crippen LogP contribution in [0.25, 0.3) is 0 Å². The molecule has 0 aromatic rings. The van der Waals surface area contributed by atoms with Crippen LogP contribution in [0.4, 0.5) is 0 Å². The van der Waals surface area contributed by atoms with Gasteiger partial charge in [0.2, 0.25) is 0 Å². The van der Waals surface area contributed by atoms with Crippen molar-refractivity contribution < 1.29 is 0 Å². The largest absolute Gasteiger partial charge is 0.314 e. The highest BCUT2D eigenvalue weighted by atomic mass is 15.2. The Bertz CT molecular complexity index is 271. The van der Waals surface area contributed by atoms with Crippen LogP contribution in [0.3, 0.4) is 0 Å². The minimum Gasteiger partial charge on any atom is -0.314 e. The van der Waals surface area contributed by atoms with Gasteiger partial charge in [0.1, 0.15) is 0 Å². The predicted molar refractivity (Wildman–Crippen MR) is 86.0 cm³/mol. The molecule has 20 heavy (non-hydrogen) atoms. The lowest BCUT2D eigenvalue weighted by Crippen LogP contribution is -2.47. The SMILES string of the molecule is CCCC1CCC(N2CCC(NCC3CC3)CC2)CC1. The predicted octanol–water partition coefficient (Wildman–Crippen LogP) is 3.81. The second-order valence-electron chi connectivity index (χ2n) is 7.63. The molecule has 3 aliphatic rings. The van der Waals surface area contributed by atoms with Gasteiger partial charge in [0.15, 0.2) is 0 Å². The number of nitrogens with zero attached hydrogens (tertiary/aromatic N) is 1. The third kappa shape index (κ3) is 4.21. The molecule has 0 atom stereocenters. The van der Waals surface area contributed by atoms with Gasteiger partial charge in [-0.2, -0.15) is 0 Å². The molecule has 2 heteroatoms. The molecule has 2 nitrogen and oxygen atoms in total. The molecule has 1 saturated heterocycles. The first-order valence-corrected chi connectivity index (χ1v) is 9.32. The minimum atomic E-state index is 0.822. The van der Waals surface area contributed by atoms with E-state index >= 15 is 0 Å². The molecule has 2 saturated carbocycles. The van der Waals surface area contributed by atoms with Gasteiger partial charge in [-0.25, -0.2) is 0 Å². The normalized spacial score (nSPS) is 33.5. The maximum Gasteiger partial charge on any atom is 0.00954 e. The standard InChI is InChI=1S/C18H34N2/c1-2-3-15-6-8-18(9-7-15)20-12-10-17(11-13-20)19-14-16-4-5-16/h15-19H,2-14H2,1H3. The van der Waals surface area contributed by atoms with Gasteiger partial charge < -0.3 is 10.2 Å². The van der Waals surface area contributed by atoms with Crippen molar-refractivity contribution in [2.75, 3.05) is 19.6 Å². The lowest BCUT2D eigenvalue weighted by atomic mass is 9.82. The van der Waals surface area contributed by atoms with Gasteiger partial charge in [-0.1, -0.05) is 19.8 Å². The summed E-state index contributed by atoms with van der Waals surface area (Å²) in [6, 6.07) is 1.75. The Balaban J connectivity index is 1.33. The quantitative estimate of drug-likeness (QED) is 0.795. The van der Waals surface area contributed by atoms with E-state index < -0.39 is 0 Å². The van der Waals surface area contributed by atoms with Crippen molar-refractivity contribution in [3.63, 3.8) is 0 Å². The van der Waals surface area contributed by atoms with E-state index in [1.165, 1.54) is 83.8 Å². The maximum atomic E-state index is 3.80.